The molecule has 2 heterocycles. The van der Waals surface area contributed by atoms with E-state index in [0.717, 1.165) is 26.2 Å². The summed E-state index contributed by atoms with van der Waals surface area (Å²) >= 11 is 5.33. The van der Waals surface area contributed by atoms with Crippen molar-refractivity contribution in [3.05, 3.63) is 23.8 Å². The average Bonchev–Trinajstić information content (AvgIpc) is 2.85. The van der Waals surface area contributed by atoms with Crippen molar-refractivity contribution in [1.82, 2.24) is 14.7 Å². The zero-order chi connectivity index (χ0) is 23.4. The number of carbonyl (C=O) groups is 3. The highest BCUT2D eigenvalue weighted by Crippen LogP contribution is 2.25. The molecule has 4 aliphatic rings. The van der Waals surface area contributed by atoms with E-state index in [9.17, 15) is 14.4 Å². The van der Waals surface area contributed by atoms with Crippen LogP contribution in [-0.4, -0.2) is 89.2 Å². The normalized spacial score (nSPS) is 24.3. The van der Waals surface area contributed by atoms with Crippen molar-refractivity contribution in [1.29, 1.82) is 0 Å². The molecule has 0 bridgehead atoms. The molecule has 1 saturated heterocycles. The Morgan fingerprint density at radius 1 is 1.15 bits per heavy atom. The minimum absolute atomic E-state index is 0.140. The first-order chi connectivity index (χ1) is 16.0. The van der Waals surface area contributed by atoms with E-state index in [-0.39, 0.29) is 16.9 Å². The minimum atomic E-state index is -0.561. The van der Waals surface area contributed by atoms with E-state index in [0.29, 0.717) is 36.7 Å². The Labute approximate surface area is 200 Å². The van der Waals surface area contributed by atoms with Gasteiger partial charge in [-0.05, 0) is 37.6 Å². The lowest BCUT2D eigenvalue weighted by atomic mass is 9.92. The number of fused-ring (bicyclic) bond motifs is 1. The van der Waals surface area contributed by atoms with Gasteiger partial charge in [0, 0.05) is 45.2 Å². The average molecular weight is 473 g/mol. The highest BCUT2D eigenvalue weighted by Gasteiger charge is 2.35. The van der Waals surface area contributed by atoms with E-state index >= 15 is 0 Å². The molecule has 4 rings (SSSR count). The summed E-state index contributed by atoms with van der Waals surface area (Å²) in [6.45, 7) is 3.84. The molecule has 1 atom stereocenters. The molecule has 0 N–H and O–H groups in total. The van der Waals surface area contributed by atoms with Gasteiger partial charge in [0.15, 0.2) is 0 Å². The van der Waals surface area contributed by atoms with Gasteiger partial charge in [-0.1, -0.05) is 31.4 Å². The molecule has 178 valence electrons. The number of aliphatic imine (C=N–C) groups is 1. The van der Waals surface area contributed by atoms with Crippen LogP contribution in [0.2, 0.25) is 0 Å². The number of nitrogens with zero attached hydrogens (tertiary/aromatic N) is 4. The van der Waals surface area contributed by atoms with Crippen molar-refractivity contribution in [2.75, 3.05) is 39.8 Å². The molecule has 2 amide bonds. The smallest absolute Gasteiger partial charge is 0.337 e. The van der Waals surface area contributed by atoms with Crippen LogP contribution in [0.25, 0.3) is 0 Å². The molecule has 2 fully saturated rings. The molecule has 2 aliphatic carbocycles. The van der Waals surface area contributed by atoms with Crippen LogP contribution in [0.5, 0.6) is 0 Å². The van der Waals surface area contributed by atoms with Gasteiger partial charge in [-0.15, -0.1) is 0 Å². The van der Waals surface area contributed by atoms with Crippen molar-refractivity contribution in [2.24, 2.45) is 10.9 Å². The van der Waals surface area contributed by atoms with E-state index < -0.39 is 11.9 Å². The summed E-state index contributed by atoms with van der Waals surface area (Å²) in [5.41, 5.74) is 0.793. The van der Waals surface area contributed by atoms with E-state index in [4.69, 9.17) is 17.0 Å². The molecular formula is C24H32N4O4S. The van der Waals surface area contributed by atoms with Gasteiger partial charge >= 0.3 is 5.97 Å². The Hall–Kier alpha value is -2.39. The highest BCUT2D eigenvalue weighted by atomic mass is 32.1. The molecule has 0 spiro atoms. The number of amides is 2. The molecule has 0 radical (unpaired) electrons. The van der Waals surface area contributed by atoms with Crippen LogP contribution in [0.4, 0.5) is 0 Å². The number of ether oxygens (including phenoxy) is 1. The molecule has 0 aromatic carbocycles. The SMILES string of the molecule is COC(=O)C1=CC2=NC(=S)N(CCCC(=O)N3CCN(C4CCCCC4)CC3)C(=O)C2C=C1. The number of methoxy groups -OCH3 is 1. The number of carbonyl (C=O) groups excluding carboxylic acids is 3. The summed E-state index contributed by atoms with van der Waals surface area (Å²) in [7, 11) is 1.31. The van der Waals surface area contributed by atoms with E-state index in [2.05, 4.69) is 9.89 Å². The van der Waals surface area contributed by atoms with Crippen LogP contribution >= 0.6 is 12.2 Å². The first-order valence-corrected chi connectivity index (χ1v) is 12.3. The van der Waals surface area contributed by atoms with Gasteiger partial charge in [0.25, 0.3) is 0 Å². The third-order valence-corrected chi connectivity index (χ3v) is 7.34. The molecular weight excluding hydrogens is 440 g/mol. The van der Waals surface area contributed by atoms with Crippen molar-refractivity contribution >= 4 is 40.8 Å². The Morgan fingerprint density at radius 2 is 1.88 bits per heavy atom. The fourth-order valence-corrected chi connectivity index (χ4v) is 5.41. The van der Waals surface area contributed by atoms with Crippen LogP contribution in [-0.2, 0) is 19.1 Å². The number of hydrogen-bond donors (Lipinski definition) is 0. The lowest BCUT2D eigenvalue weighted by Crippen LogP contribution is -2.52. The molecule has 8 nitrogen and oxygen atoms in total. The second-order valence-electron chi connectivity index (χ2n) is 9.05. The molecule has 9 heteroatoms. The largest absolute Gasteiger partial charge is 0.465 e. The summed E-state index contributed by atoms with van der Waals surface area (Å²) in [5, 5.41) is 0.176. The van der Waals surface area contributed by atoms with Crippen LogP contribution in [0.3, 0.4) is 0 Å². The molecule has 1 saturated carbocycles. The Balaban J connectivity index is 1.25. The van der Waals surface area contributed by atoms with Gasteiger partial charge in [-0.3, -0.25) is 19.4 Å². The zero-order valence-corrected chi connectivity index (χ0v) is 20.0. The number of piperazine rings is 1. The monoisotopic (exact) mass is 472 g/mol. The van der Waals surface area contributed by atoms with Crippen LogP contribution < -0.4 is 0 Å². The maximum atomic E-state index is 12.9. The van der Waals surface area contributed by atoms with Gasteiger partial charge in [-0.2, -0.15) is 0 Å². The van der Waals surface area contributed by atoms with Gasteiger partial charge in [0.05, 0.1) is 24.3 Å². The van der Waals surface area contributed by atoms with Gasteiger partial charge in [0.1, 0.15) is 0 Å². The van der Waals surface area contributed by atoms with Crippen LogP contribution in [0.1, 0.15) is 44.9 Å². The Morgan fingerprint density at radius 3 is 2.58 bits per heavy atom. The zero-order valence-electron chi connectivity index (χ0n) is 19.2. The molecule has 0 aromatic heterocycles. The third-order valence-electron chi connectivity index (χ3n) is 7.03. The van der Waals surface area contributed by atoms with Gasteiger partial charge < -0.3 is 9.64 Å². The fraction of sp³-hybridized carbons (Fsp3) is 0.625. The molecule has 1 unspecified atom stereocenters. The van der Waals surface area contributed by atoms with Crippen molar-refractivity contribution in [2.45, 2.75) is 51.0 Å². The standard InChI is InChI=1S/C24H32N4O4S/c1-32-23(31)17-9-10-19-20(16-17)25-24(33)28(22(19)30)11-5-8-21(29)27-14-12-26(13-15-27)18-6-3-2-4-7-18/h9-10,16,18-19H,2-8,11-15H2,1H3. The van der Waals surface area contributed by atoms with Crippen LogP contribution in [0.15, 0.2) is 28.8 Å². The number of allylic oxidation sites excluding steroid dienone is 1. The van der Waals surface area contributed by atoms with E-state index in [1.807, 2.05) is 4.90 Å². The van der Waals surface area contributed by atoms with Crippen molar-refractivity contribution < 1.29 is 19.1 Å². The summed E-state index contributed by atoms with van der Waals surface area (Å²) < 4.78 is 4.73. The number of thiocarbonyl (C=S) groups is 1. The summed E-state index contributed by atoms with van der Waals surface area (Å²) in [5.74, 6) is -1.07. The molecule has 0 aromatic rings. The maximum Gasteiger partial charge on any atom is 0.337 e. The number of esters is 1. The first-order valence-electron chi connectivity index (χ1n) is 11.9. The third kappa shape index (κ3) is 5.41. The summed E-state index contributed by atoms with van der Waals surface area (Å²) in [6.07, 6.45) is 12.3. The van der Waals surface area contributed by atoms with Crippen molar-refractivity contribution in [3.8, 4) is 0 Å². The second kappa shape index (κ2) is 10.7. The van der Waals surface area contributed by atoms with Gasteiger partial charge in [0.2, 0.25) is 16.9 Å². The quantitative estimate of drug-likeness (QED) is 0.435. The maximum absolute atomic E-state index is 12.9. The molecule has 2 aliphatic heterocycles. The summed E-state index contributed by atoms with van der Waals surface area (Å²) in [6, 6.07) is 0.694. The molecule has 33 heavy (non-hydrogen) atoms. The number of hydrogen-bond acceptors (Lipinski definition) is 6. The lowest BCUT2D eigenvalue weighted by molar-refractivity contribution is -0.136. The number of rotatable bonds is 6. The predicted molar refractivity (Wildman–Crippen MR) is 129 cm³/mol. The Bertz CT molecular complexity index is 898. The van der Waals surface area contributed by atoms with E-state index in [1.54, 1.807) is 18.2 Å². The Kier molecular flexibility index (Phi) is 7.70. The first kappa shape index (κ1) is 23.8. The fourth-order valence-electron chi connectivity index (χ4n) is 5.12. The minimum Gasteiger partial charge on any atom is -0.465 e. The predicted octanol–water partition coefficient (Wildman–Crippen LogP) is 2.10. The topological polar surface area (TPSA) is 82.5 Å². The van der Waals surface area contributed by atoms with Crippen molar-refractivity contribution in [3.63, 3.8) is 0 Å². The second-order valence-corrected chi connectivity index (χ2v) is 9.41. The summed E-state index contributed by atoms with van der Waals surface area (Å²) in [4.78, 5) is 47.7. The lowest BCUT2D eigenvalue weighted by Gasteiger charge is -2.40. The van der Waals surface area contributed by atoms with Crippen LogP contribution in [0, 0.1) is 5.92 Å². The highest BCUT2D eigenvalue weighted by molar-refractivity contribution is 7.80. The van der Waals surface area contributed by atoms with E-state index in [1.165, 1.54) is 44.1 Å². The van der Waals surface area contributed by atoms with Gasteiger partial charge in [-0.25, -0.2) is 9.79 Å².